The van der Waals surface area contributed by atoms with Crippen LogP contribution in [0.15, 0.2) is 70.6 Å². The first-order valence-electron chi connectivity index (χ1n) is 22.1. The van der Waals surface area contributed by atoms with Crippen molar-refractivity contribution in [2.75, 3.05) is 51.2 Å². The van der Waals surface area contributed by atoms with Crippen LogP contribution in [0.5, 0.6) is 23.0 Å². The maximum Gasteiger partial charge on any atom is 0.256 e. The second kappa shape index (κ2) is 20.9. The number of ether oxygens (including phenoxy) is 4. The Hall–Kier alpha value is -6.91. The van der Waals surface area contributed by atoms with Gasteiger partial charge in [0, 0.05) is 72.2 Å². The fraction of sp³-hybridized carbons (Fsp3) is 0.388. The van der Waals surface area contributed by atoms with Crippen molar-refractivity contribution in [2.45, 2.75) is 83.2 Å². The molecular weight excluding hydrogens is 858 g/mol. The Morgan fingerprint density at radius 2 is 1.33 bits per heavy atom. The van der Waals surface area contributed by atoms with Crippen LogP contribution < -0.4 is 29.6 Å². The number of rotatable bonds is 15. The molecule has 2 N–H and O–H groups in total. The summed E-state index contributed by atoms with van der Waals surface area (Å²) in [5.74, 6) is -1.16. The highest BCUT2D eigenvalue weighted by Gasteiger charge is 2.43. The van der Waals surface area contributed by atoms with E-state index in [0.29, 0.717) is 76.1 Å². The molecule has 4 aliphatic heterocycles. The summed E-state index contributed by atoms with van der Waals surface area (Å²) in [6.07, 6.45) is 9.48. The molecule has 0 spiro atoms. The molecule has 0 aromatic heterocycles. The molecule has 4 heterocycles. The third kappa shape index (κ3) is 10.6. The van der Waals surface area contributed by atoms with E-state index in [1.165, 1.54) is 32.4 Å². The molecule has 2 fully saturated rings. The van der Waals surface area contributed by atoms with Crippen LogP contribution >= 0.6 is 0 Å². The summed E-state index contributed by atoms with van der Waals surface area (Å²) >= 11 is 0. The second-order valence-electron chi connectivity index (χ2n) is 16.4. The number of nitrogens with zero attached hydrogens (tertiary/aromatic N) is 4. The average molecular weight is 917 g/mol. The number of fused-ring (bicyclic) bond motifs is 4. The molecule has 0 bridgehead atoms. The van der Waals surface area contributed by atoms with Gasteiger partial charge in [-0.3, -0.25) is 29.2 Å². The number of nitrogens with one attached hydrogen (secondary N) is 2. The van der Waals surface area contributed by atoms with Gasteiger partial charge in [0.1, 0.15) is 5.82 Å². The topological polar surface area (TPSA) is 160 Å². The van der Waals surface area contributed by atoms with Gasteiger partial charge in [0.05, 0.1) is 61.5 Å². The molecule has 0 aliphatic carbocycles. The molecule has 4 aliphatic rings. The first kappa shape index (κ1) is 47.1. The number of hydrogen-bond donors (Lipinski definition) is 2. The monoisotopic (exact) mass is 916 g/mol. The number of hydrogen-bond acceptors (Lipinski definition) is 10. The highest BCUT2D eigenvalue weighted by molar-refractivity contribution is 6.05. The van der Waals surface area contributed by atoms with Gasteiger partial charge in [-0.15, -0.1) is 0 Å². The van der Waals surface area contributed by atoms with Gasteiger partial charge in [-0.2, -0.15) is 0 Å². The number of carbonyl (C=O) groups excluding carboxylic acids is 4. The average Bonchev–Trinajstić information content (AvgIpc) is 3.92. The fourth-order valence-corrected chi connectivity index (χ4v) is 8.43. The van der Waals surface area contributed by atoms with E-state index in [-0.39, 0.29) is 77.0 Å². The second-order valence-corrected chi connectivity index (χ2v) is 16.4. The van der Waals surface area contributed by atoms with Crippen LogP contribution in [-0.4, -0.2) is 98.0 Å². The Kier molecular flexibility index (Phi) is 14.9. The fourth-order valence-electron chi connectivity index (χ4n) is 8.43. The van der Waals surface area contributed by atoms with Gasteiger partial charge in [0.2, 0.25) is 11.8 Å². The molecular formula is C49H59F3N6O8. The Morgan fingerprint density at radius 3 is 1.92 bits per heavy atom. The van der Waals surface area contributed by atoms with Crippen LogP contribution in [-0.2, 0) is 9.59 Å². The minimum Gasteiger partial charge on any atom is -0.493 e. The van der Waals surface area contributed by atoms with Gasteiger partial charge >= 0.3 is 0 Å². The lowest BCUT2D eigenvalue weighted by molar-refractivity contribution is -0.117. The first-order valence-corrected chi connectivity index (χ1v) is 22.1. The van der Waals surface area contributed by atoms with E-state index in [1.807, 2.05) is 16.0 Å². The molecule has 0 saturated carbocycles. The van der Waals surface area contributed by atoms with Gasteiger partial charge in [0.15, 0.2) is 34.6 Å². The molecule has 4 amide bonds. The highest BCUT2D eigenvalue weighted by atomic mass is 19.2. The van der Waals surface area contributed by atoms with Gasteiger partial charge in [-0.1, -0.05) is 6.92 Å². The van der Waals surface area contributed by atoms with Crippen molar-refractivity contribution < 1.29 is 55.6 Å². The van der Waals surface area contributed by atoms with E-state index in [1.54, 1.807) is 43.5 Å². The Balaban J connectivity index is 0.000000288. The zero-order valence-electron chi connectivity index (χ0n) is 37.4. The lowest BCUT2D eigenvalue weighted by Crippen LogP contribution is -2.47. The van der Waals surface area contributed by atoms with Crippen molar-refractivity contribution in [3.8, 4) is 23.0 Å². The van der Waals surface area contributed by atoms with Crippen molar-refractivity contribution in [3.05, 3.63) is 94.8 Å². The number of aliphatic imine (C=N–C) groups is 2. The summed E-state index contributed by atoms with van der Waals surface area (Å²) in [5.41, 5.74) is 2.95. The maximum absolute atomic E-state index is 13.4. The third-order valence-electron chi connectivity index (χ3n) is 12.1. The molecule has 8 rings (SSSR count). The smallest absolute Gasteiger partial charge is 0.256 e. The van der Waals surface area contributed by atoms with Gasteiger partial charge in [0.25, 0.3) is 11.8 Å². The SMILES string of the molecule is CC[C@]12C=Nc3cc(OCCCC(=O)Nc4ccc(F)c(C)c4)c(OC)cc3C(=O)N1CCC2.COc1cc2c(cc1OCCCC(=O)Nc1ccc(F)c(F)c1)N=C[C@@H]1CCCN1C2=O.[HH].[HH].[HH]. The molecule has 4 aromatic rings. The number of benzene rings is 4. The van der Waals surface area contributed by atoms with E-state index < -0.39 is 11.6 Å². The van der Waals surface area contributed by atoms with Crippen molar-refractivity contribution in [3.63, 3.8) is 0 Å². The Bertz CT molecular complexity index is 2570. The summed E-state index contributed by atoms with van der Waals surface area (Å²) in [6, 6.07) is 14.4. The molecule has 354 valence electrons. The van der Waals surface area contributed by atoms with Crippen LogP contribution in [0.2, 0.25) is 0 Å². The van der Waals surface area contributed by atoms with Gasteiger partial charge in [-0.05, 0) is 99.9 Å². The molecule has 17 heteroatoms. The van der Waals surface area contributed by atoms with Crippen LogP contribution in [0, 0.1) is 24.4 Å². The quantitative estimate of drug-likeness (QED) is 0.112. The maximum atomic E-state index is 13.4. The third-order valence-corrected chi connectivity index (χ3v) is 12.1. The lowest BCUT2D eigenvalue weighted by atomic mass is 9.94. The van der Waals surface area contributed by atoms with E-state index in [9.17, 15) is 32.3 Å². The molecule has 66 heavy (non-hydrogen) atoms. The number of anilines is 2. The minimum atomic E-state index is -1.02. The van der Waals surface area contributed by atoms with Crippen molar-refractivity contribution in [1.82, 2.24) is 9.80 Å². The van der Waals surface area contributed by atoms with Crippen LogP contribution in [0.1, 0.15) is 95.3 Å². The zero-order chi connectivity index (χ0) is 47.0. The van der Waals surface area contributed by atoms with Gasteiger partial charge in [-0.25, -0.2) is 13.2 Å². The molecule has 2 saturated heterocycles. The summed E-state index contributed by atoms with van der Waals surface area (Å²) < 4.78 is 62.2. The summed E-state index contributed by atoms with van der Waals surface area (Å²) in [5, 5.41) is 5.28. The summed E-state index contributed by atoms with van der Waals surface area (Å²) in [4.78, 5) is 63.3. The highest BCUT2D eigenvalue weighted by Crippen LogP contribution is 2.42. The van der Waals surface area contributed by atoms with E-state index >= 15 is 0 Å². The van der Waals surface area contributed by atoms with Crippen LogP contribution in [0.25, 0.3) is 0 Å². The largest absolute Gasteiger partial charge is 0.493 e. The van der Waals surface area contributed by atoms with E-state index in [0.717, 1.165) is 50.8 Å². The summed E-state index contributed by atoms with van der Waals surface area (Å²) in [7, 11) is 3.02. The standard InChI is InChI=1S/C26H30FN3O4.C23H23F2N3O4.3H2/c1-4-26-10-6-11-30(26)25(32)19-14-22(33-3)23(15-21(19)28-16-26)34-12-5-7-24(31)29-18-8-9-20(27)17(2)13-18;1-31-20-11-16-19(26-13-15-4-2-8-28(15)23(16)30)12-21(20)32-9-3-5-22(29)27-14-6-7-17(24)18(25)10-14;;;/h8-9,13-16H,4-7,10-12H2,1-3H3,(H,29,31);6-7,10-13,15H,2-5,8-9H2,1H3,(H,27,29);3*1H/t26-;15-;;;/m00.../s1. The number of halogens is 3. The number of carbonyl (C=O) groups is 4. The number of methoxy groups -OCH3 is 2. The number of amides is 4. The van der Waals surface area contributed by atoms with Crippen molar-refractivity contribution in [2.24, 2.45) is 9.98 Å². The van der Waals surface area contributed by atoms with Crippen molar-refractivity contribution >= 4 is 58.8 Å². The van der Waals surface area contributed by atoms with Crippen LogP contribution in [0.4, 0.5) is 35.9 Å². The predicted molar refractivity (Wildman–Crippen MR) is 250 cm³/mol. The van der Waals surface area contributed by atoms with E-state index in [2.05, 4.69) is 27.5 Å². The minimum absolute atomic E-state index is 0. The molecule has 0 radical (unpaired) electrons. The first-order chi connectivity index (χ1) is 31.8. The van der Waals surface area contributed by atoms with Gasteiger partial charge < -0.3 is 39.4 Å². The Morgan fingerprint density at radius 1 is 0.742 bits per heavy atom. The summed E-state index contributed by atoms with van der Waals surface area (Å²) in [6.45, 7) is 5.66. The zero-order valence-corrected chi connectivity index (χ0v) is 37.4. The molecule has 14 nitrogen and oxygen atoms in total. The predicted octanol–water partition coefficient (Wildman–Crippen LogP) is 9.87. The lowest BCUT2D eigenvalue weighted by Gasteiger charge is -2.33. The van der Waals surface area contributed by atoms with Crippen LogP contribution in [0.3, 0.4) is 0 Å². The Labute approximate surface area is 385 Å². The molecule has 2 atom stereocenters. The normalized spacial score (nSPS) is 17.9. The van der Waals surface area contributed by atoms with E-state index in [4.69, 9.17) is 18.9 Å². The molecule has 4 aromatic carbocycles. The number of aryl methyl sites for hydroxylation is 1. The van der Waals surface area contributed by atoms with Crippen molar-refractivity contribution in [1.29, 1.82) is 0 Å². The molecule has 0 unspecified atom stereocenters.